The number of likely N-dealkylation sites (N-methyl/N-ethyl adjacent to an activating group) is 1. The van der Waals surface area contributed by atoms with Gasteiger partial charge in [0.15, 0.2) is 5.82 Å². The summed E-state index contributed by atoms with van der Waals surface area (Å²) in [6, 6.07) is 0. The summed E-state index contributed by atoms with van der Waals surface area (Å²) < 4.78 is 13.6. The van der Waals surface area contributed by atoms with Crippen LogP contribution in [-0.4, -0.2) is 18.6 Å². The Labute approximate surface area is 76.4 Å². The quantitative estimate of drug-likeness (QED) is 0.692. The van der Waals surface area contributed by atoms with Crippen molar-refractivity contribution >= 4 is 5.69 Å². The summed E-state index contributed by atoms with van der Waals surface area (Å²) in [5.74, 6) is -0.250. The van der Waals surface area contributed by atoms with E-state index < -0.39 is 0 Å². The minimum absolute atomic E-state index is 0.160. The van der Waals surface area contributed by atoms with E-state index in [1.54, 1.807) is 6.20 Å². The Kier molecular flexibility index (Phi) is 1.92. The molecule has 1 aliphatic rings. The van der Waals surface area contributed by atoms with Crippen LogP contribution in [0.3, 0.4) is 0 Å². The number of hydrogen-bond donors (Lipinski definition) is 1. The Bertz CT molecular complexity index is 338. The Balaban J connectivity index is 2.56. The van der Waals surface area contributed by atoms with E-state index in [9.17, 15) is 4.39 Å². The third-order valence-electron chi connectivity index (χ3n) is 2.43. The highest BCUT2D eigenvalue weighted by atomic mass is 19.1. The zero-order chi connectivity index (χ0) is 9.42. The van der Waals surface area contributed by atoms with Crippen LogP contribution in [0.4, 0.5) is 10.1 Å². The van der Waals surface area contributed by atoms with Crippen molar-refractivity contribution in [2.45, 2.75) is 13.0 Å². The van der Waals surface area contributed by atoms with E-state index in [0.29, 0.717) is 11.4 Å². The molecule has 0 bridgehead atoms. The SMILES string of the molecule is CN1CCc2cnc(CN)c(F)c21. The second-order valence-electron chi connectivity index (χ2n) is 3.27. The molecule has 0 atom stereocenters. The summed E-state index contributed by atoms with van der Waals surface area (Å²) in [6.07, 6.45) is 2.60. The fourth-order valence-corrected chi connectivity index (χ4v) is 1.69. The van der Waals surface area contributed by atoms with E-state index in [2.05, 4.69) is 4.98 Å². The number of nitrogens with two attached hydrogens (primary N) is 1. The molecule has 3 nitrogen and oxygen atoms in total. The fraction of sp³-hybridized carbons (Fsp3) is 0.444. The van der Waals surface area contributed by atoms with E-state index in [4.69, 9.17) is 5.73 Å². The first-order chi connectivity index (χ1) is 6.24. The molecule has 0 unspecified atom stereocenters. The van der Waals surface area contributed by atoms with Gasteiger partial charge in [-0.3, -0.25) is 4.98 Å². The molecular formula is C9H12FN3. The van der Waals surface area contributed by atoms with Crippen molar-refractivity contribution in [1.82, 2.24) is 4.98 Å². The van der Waals surface area contributed by atoms with Gasteiger partial charge in [-0.1, -0.05) is 0 Å². The van der Waals surface area contributed by atoms with Gasteiger partial charge in [0.1, 0.15) is 0 Å². The van der Waals surface area contributed by atoms with Crippen LogP contribution in [0.15, 0.2) is 6.20 Å². The first-order valence-electron chi connectivity index (χ1n) is 4.31. The number of fused-ring (bicyclic) bond motifs is 1. The van der Waals surface area contributed by atoms with Crippen LogP contribution in [0.1, 0.15) is 11.3 Å². The van der Waals surface area contributed by atoms with Crippen LogP contribution in [0.2, 0.25) is 0 Å². The van der Waals surface area contributed by atoms with Crippen LogP contribution in [0.25, 0.3) is 0 Å². The average Bonchev–Trinajstić information content (AvgIpc) is 2.49. The lowest BCUT2D eigenvalue weighted by Crippen LogP contribution is -2.15. The molecule has 0 aliphatic carbocycles. The molecule has 0 fully saturated rings. The van der Waals surface area contributed by atoms with Crippen molar-refractivity contribution in [3.63, 3.8) is 0 Å². The lowest BCUT2D eigenvalue weighted by atomic mass is 10.2. The summed E-state index contributed by atoms with van der Waals surface area (Å²) >= 11 is 0. The highest BCUT2D eigenvalue weighted by Crippen LogP contribution is 2.29. The normalized spacial score (nSPS) is 14.8. The van der Waals surface area contributed by atoms with E-state index in [1.807, 2.05) is 11.9 Å². The maximum atomic E-state index is 13.6. The predicted molar refractivity (Wildman–Crippen MR) is 49.1 cm³/mol. The third kappa shape index (κ3) is 1.18. The third-order valence-corrected chi connectivity index (χ3v) is 2.43. The molecule has 1 aromatic rings. The molecule has 0 amide bonds. The molecule has 0 spiro atoms. The maximum absolute atomic E-state index is 13.6. The summed E-state index contributed by atoms with van der Waals surface area (Å²) in [6.45, 7) is 1.02. The number of hydrogen-bond acceptors (Lipinski definition) is 3. The van der Waals surface area contributed by atoms with Gasteiger partial charge in [0.05, 0.1) is 11.4 Å². The molecule has 2 N–H and O–H groups in total. The van der Waals surface area contributed by atoms with Crippen molar-refractivity contribution < 1.29 is 4.39 Å². The first-order valence-corrected chi connectivity index (χ1v) is 4.31. The van der Waals surface area contributed by atoms with Gasteiger partial charge in [-0.15, -0.1) is 0 Å². The number of aromatic nitrogens is 1. The molecule has 1 aromatic heterocycles. The predicted octanol–water partition coefficient (Wildman–Crippen LogP) is 0.672. The van der Waals surface area contributed by atoms with Gasteiger partial charge in [0.25, 0.3) is 0 Å². The van der Waals surface area contributed by atoms with E-state index in [1.165, 1.54) is 0 Å². The maximum Gasteiger partial charge on any atom is 0.169 e. The second-order valence-corrected chi connectivity index (χ2v) is 3.27. The van der Waals surface area contributed by atoms with Crippen LogP contribution in [-0.2, 0) is 13.0 Å². The molecule has 0 aromatic carbocycles. The number of nitrogens with zero attached hydrogens (tertiary/aromatic N) is 2. The smallest absolute Gasteiger partial charge is 0.169 e. The molecule has 0 saturated heterocycles. The standard InChI is InChI=1S/C9H12FN3/c1-13-3-2-6-5-12-7(4-11)8(10)9(6)13/h5H,2-4,11H2,1H3. The van der Waals surface area contributed by atoms with Crippen molar-refractivity contribution in [1.29, 1.82) is 0 Å². The van der Waals surface area contributed by atoms with Crippen molar-refractivity contribution in [2.75, 3.05) is 18.5 Å². The average molecular weight is 181 g/mol. The Morgan fingerprint density at radius 3 is 3.15 bits per heavy atom. The zero-order valence-corrected chi connectivity index (χ0v) is 7.55. The summed E-state index contributed by atoms with van der Waals surface area (Å²) in [5.41, 5.74) is 7.38. The molecule has 0 radical (unpaired) electrons. The summed E-state index contributed by atoms with van der Waals surface area (Å²) in [7, 11) is 1.88. The lowest BCUT2D eigenvalue weighted by Gasteiger charge is -2.13. The molecule has 1 aliphatic heterocycles. The number of pyridine rings is 1. The van der Waals surface area contributed by atoms with E-state index in [0.717, 1.165) is 18.5 Å². The van der Waals surface area contributed by atoms with Gasteiger partial charge in [-0.2, -0.15) is 0 Å². The van der Waals surface area contributed by atoms with Gasteiger partial charge in [-0.25, -0.2) is 4.39 Å². The van der Waals surface area contributed by atoms with Gasteiger partial charge in [-0.05, 0) is 12.0 Å². The Morgan fingerprint density at radius 1 is 1.69 bits per heavy atom. The lowest BCUT2D eigenvalue weighted by molar-refractivity contribution is 0.599. The molecule has 4 heteroatoms. The van der Waals surface area contributed by atoms with E-state index in [-0.39, 0.29) is 12.4 Å². The Hall–Kier alpha value is -1.16. The number of anilines is 1. The highest BCUT2D eigenvalue weighted by Gasteiger charge is 2.22. The van der Waals surface area contributed by atoms with Crippen LogP contribution < -0.4 is 10.6 Å². The largest absolute Gasteiger partial charge is 0.372 e. The zero-order valence-electron chi connectivity index (χ0n) is 7.55. The molecular weight excluding hydrogens is 169 g/mol. The number of halogens is 1. The molecule has 2 heterocycles. The van der Waals surface area contributed by atoms with Crippen LogP contribution >= 0.6 is 0 Å². The van der Waals surface area contributed by atoms with Gasteiger partial charge < -0.3 is 10.6 Å². The topological polar surface area (TPSA) is 42.2 Å². The van der Waals surface area contributed by atoms with Crippen LogP contribution in [0, 0.1) is 5.82 Å². The second kappa shape index (κ2) is 2.96. The molecule has 2 rings (SSSR count). The van der Waals surface area contributed by atoms with Crippen molar-refractivity contribution in [3.8, 4) is 0 Å². The van der Waals surface area contributed by atoms with Gasteiger partial charge in [0, 0.05) is 26.3 Å². The molecule has 0 saturated carbocycles. The van der Waals surface area contributed by atoms with Crippen LogP contribution in [0.5, 0.6) is 0 Å². The minimum Gasteiger partial charge on any atom is -0.372 e. The monoisotopic (exact) mass is 181 g/mol. The summed E-state index contributed by atoms with van der Waals surface area (Å²) in [5, 5.41) is 0. The Morgan fingerprint density at radius 2 is 2.46 bits per heavy atom. The highest BCUT2D eigenvalue weighted by molar-refractivity contribution is 5.58. The number of rotatable bonds is 1. The summed E-state index contributed by atoms with van der Waals surface area (Å²) in [4.78, 5) is 5.88. The van der Waals surface area contributed by atoms with Gasteiger partial charge in [0.2, 0.25) is 0 Å². The molecule has 13 heavy (non-hydrogen) atoms. The molecule has 70 valence electrons. The fourth-order valence-electron chi connectivity index (χ4n) is 1.69. The van der Waals surface area contributed by atoms with Crippen molar-refractivity contribution in [2.24, 2.45) is 5.73 Å². The minimum atomic E-state index is -0.250. The van der Waals surface area contributed by atoms with Gasteiger partial charge >= 0.3 is 0 Å². The first kappa shape index (κ1) is 8.44. The van der Waals surface area contributed by atoms with E-state index >= 15 is 0 Å². The van der Waals surface area contributed by atoms with Crippen molar-refractivity contribution in [3.05, 3.63) is 23.3 Å².